The van der Waals surface area contributed by atoms with Crippen molar-refractivity contribution in [1.82, 2.24) is 9.97 Å². The van der Waals surface area contributed by atoms with Gasteiger partial charge in [0.2, 0.25) is 0 Å². The molecule has 0 spiro atoms. The van der Waals surface area contributed by atoms with E-state index < -0.39 is 5.97 Å². The van der Waals surface area contributed by atoms with Crippen molar-refractivity contribution in [2.45, 2.75) is 0 Å². The molecule has 2 heterocycles. The van der Waals surface area contributed by atoms with Crippen molar-refractivity contribution < 1.29 is 14.3 Å². The van der Waals surface area contributed by atoms with Crippen LogP contribution in [0.2, 0.25) is 0 Å². The molecule has 0 aliphatic heterocycles. The zero-order chi connectivity index (χ0) is 20.9. The lowest BCUT2D eigenvalue weighted by Crippen LogP contribution is -2.15. The van der Waals surface area contributed by atoms with E-state index in [-0.39, 0.29) is 11.5 Å². The largest absolute Gasteiger partial charge is 0.465 e. The first-order chi connectivity index (χ1) is 14.7. The molecule has 0 saturated heterocycles. The van der Waals surface area contributed by atoms with Crippen LogP contribution in [-0.2, 0) is 4.74 Å². The number of fused-ring (bicyclic) bond motifs is 1. The van der Waals surface area contributed by atoms with Gasteiger partial charge in [-0.15, -0.1) is 0 Å². The molecule has 148 valence electrons. The number of amides is 1. The number of para-hydroxylation sites is 2. The highest BCUT2D eigenvalue weighted by Crippen LogP contribution is 2.24. The number of ether oxygens (including phenoxy) is 1. The van der Waals surface area contributed by atoms with E-state index in [4.69, 9.17) is 4.74 Å². The molecule has 0 atom stereocenters. The third kappa shape index (κ3) is 3.95. The normalized spacial score (nSPS) is 10.4. The van der Waals surface area contributed by atoms with Crippen LogP contribution in [-0.4, -0.2) is 29.0 Å². The minimum atomic E-state index is -0.522. The molecule has 0 aliphatic carbocycles. The summed E-state index contributed by atoms with van der Waals surface area (Å²) >= 11 is 0. The van der Waals surface area contributed by atoms with Gasteiger partial charge in [0.1, 0.15) is 5.82 Å². The van der Waals surface area contributed by atoms with E-state index in [0.29, 0.717) is 17.1 Å². The molecule has 0 fully saturated rings. The molecule has 0 saturated carbocycles. The summed E-state index contributed by atoms with van der Waals surface area (Å²) in [5.74, 6) is -0.388. The molecule has 2 aromatic carbocycles. The molecular weight excluding hydrogens is 380 g/mol. The summed E-state index contributed by atoms with van der Waals surface area (Å²) < 4.78 is 4.77. The molecule has 7 nitrogen and oxygen atoms in total. The summed E-state index contributed by atoms with van der Waals surface area (Å²) in [5.41, 5.74) is 2.64. The van der Waals surface area contributed by atoms with E-state index in [0.717, 1.165) is 16.6 Å². The molecule has 4 rings (SSSR count). The summed E-state index contributed by atoms with van der Waals surface area (Å²) in [6.45, 7) is 0. The quantitative estimate of drug-likeness (QED) is 0.484. The lowest BCUT2D eigenvalue weighted by atomic mass is 10.1. The molecule has 2 aromatic heterocycles. The molecule has 0 radical (unpaired) electrons. The molecule has 0 aliphatic rings. The predicted molar refractivity (Wildman–Crippen MR) is 115 cm³/mol. The number of anilines is 3. The first-order valence-electron chi connectivity index (χ1n) is 9.21. The van der Waals surface area contributed by atoms with Gasteiger partial charge < -0.3 is 15.4 Å². The van der Waals surface area contributed by atoms with Crippen LogP contribution < -0.4 is 10.6 Å². The fourth-order valence-corrected chi connectivity index (χ4v) is 3.06. The van der Waals surface area contributed by atoms with Crippen molar-refractivity contribution >= 4 is 40.0 Å². The van der Waals surface area contributed by atoms with Gasteiger partial charge in [-0.3, -0.25) is 9.78 Å². The van der Waals surface area contributed by atoms with E-state index in [1.165, 1.54) is 7.11 Å². The smallest absolute Gasteiger partial charge is 0.339 e. The maximum atomic E-state index is 12.8. The Kier molecular flexibility index (Phi) is 5.34. The van der Waals surface area contributed by atoms with E-state index >= 15 is 0 Å². The summed E-state index contributed by atoms with van der Waals surface area (Å²) in [5, 5.41) is 6.97. The summed E-state index contributed by atoms with van der Waals surface area (Å²) in [6.07, 6.45) is 3.27. The number of nitrogens with one attached hydrogen (secondary N) is 2. The van der Waals surface area contributed by atoms with E-state index in [1.807, 2.05) is 30.3 Å². The van der Waals surface area contributed by atoms with Gasteiger partial charge in [-0.2, -0.15) is 0 Å². The average Bonchev–Trinajstić information content (AvgIpc) is 2.79. The molecule has 0 bridgehead atoms. The number of esters is 1. The van der Waals surface area contributed by atoms with E-state index in [1.54, 1.807) is 48.8 Å². The zero-order valence-corrected chi connectivity index (χ0v) is 16.1. The number of rotatable bonds is 5. The number of methoxy groups -OCH3 is 1. The van der Waals surface area contributed by atoms with Crippen LogP contribution in [0, 0.1) is 0 Å². The van der Waals surface area contributed by atoms with Gasteiger partial charge in [0, 0.05) is 23.3 Å². The minimum absolute atomic E-state index is 0.280. The van der Waals surface area contributed by atoms with Gasteiger partial charge in [-0.1, -0.05) is 30.3 Å². The van der Waals surface area contributed by atoms with Crippen molar-refractivity contribution in [3.63, 3.8) is 0 Å². The SMILES string of the molecule is COC(=O)c1ccccc1NC(=O)c1ccnc(Nc2cccc3cccnc23)c1. The predicted octanol–water partition coefficient (Wildman–Crippen LogP) is 4.41. The fourth-order valence-electron chi connectivity index (χ4n) is 3.06. The third-order valence-electron chi connectivity index (χ3n) is 4.50. The number of nitrogens with zero attached hydrogens (tertiary/aromatic N) is 2. The van der Waals surface area contributed by atoms with E-state index in [9.17, 15) is 9.59 Å². The monoisotopic (exact) mass is 398 g/mol. The maximum Gasteiger partial charge on any atom is 0.339 e. The highest BCUT2D eigenvalue weighted by molar-refractivity contribution is 6.08. The molecular formula is C23H18N4O3. The maximum absolute atomic E-state index is 12.8. The molecule has 4 aromatic rings. The van der Waals surface area contributed by atoms with Crippen LogP contribution in [0.5, 0.6) is 0 Å². The molecule has 2 N–H and O–H groups in total. The van der Waals surface area contributed by atoms with Crippen molar-refractivity contribution in [2.75, 3.05) is 17.7 Å². The third-order valence-corrected chi connectivity index (χ3v) is 4.50. The second-order valence-electron chi connectivity index (χ2n) is 6.43. The summed E-state index contributed by atoms with van der Waals surface area (Å²) in [6, 6.07) is 19.6. The lowest BCUT2D eigenvalue weighted by Gasteiger charge is -2.11. The minimum Gasteiger partial charge on any atom is -0.465 e. The Morgan fingerprint density at radius 3 is 2.53 bits per heavy atom. The van der Waals surface area contributed by atoms with Gasteiger partial charge >= 0.3 is 5.97 Å². The second-order valence-corrected chi connectivity index (χ2v) is 6.43. The highest BCUT2D eigenvalue weighted by atomic mass is 16.5. The van der Waals surface area contributed by atoms with Gasteiger partial charge in [-0.25, -0.2) is 9.78 Å². The molecule has 7 heteroatoms. The lowest BCUT2D eigenvalue weighted by molar-refractivity contribution is 0.0602. The fraction of sp³-hybridized carbons (Fsp3) is 0.0435. The second kappa shape index (κ2) is 8.40. The van der Waals surface area contributed by atoms with Crippen LogP contribution in [0.3, 0.4) is 0 Å². The highest BCUT2D eigenvalue weighted by Gasteiger charge is 2.15. The van der Waals surface area contributed by atoms with Crippen molar-refractivity contribution in [1.29, 1.82) is 0 Å². The number of hydrogen-bond acceptors (Lipinski definition) is 6. The Hall–Kier alpha value is -4.26. The number of carbonyl (C=O) groups excluding carboxylic acids is 2. The average molecular weight is 398 g/mol. The van der Waals surface area contributed by atoms with Crippen LogP contribution in [0.15, 0.2) is 79.1 Å². The summed E-state index contributed by atoms with van der Waals surface area (Å²) in [7, 11) is 1.30. The number of carbonyl (C=O) groups is 2. The van der Waals surface area contributed by atoms with Gasteiger partial charge in [0.15, 0.2) is 0 Å². The van der Waals surface area contributed by atoms with Crippen LogP contribution in [0.25, 0.3) is 10.9 Å². The Labute approximate surface area is 172 Å². The molecule has 30 heavy (non-hydrogen) atoms. The van der Waals surface area contributed by atoms with Crippen molar-refractivity contribution in [3.05, 3.63) is 90.3 Å². The molecule has 1 amide bonds. The van der Waals surface area contributed by atoms with E-state index in [2.05, 4.69) is 20.6 Å². The number of pyridine rings is 2. The Morgan fingerprint density at radius 1 is 0.867 bits per heavy atom. The van der Waals surface area contributed by atoms with Gasteiger partial charge in [0.25, 0.3) is 5.91 Å². The van der Waals surface area contributed by atoms with Crippen LogP contribution in [0.1, 0.15) is 20.7 Å². The molecule has 0 unspecified atom stereocenters. The number of aromatic nitrogens is 2. The summed E-state index contributed by atoms with van der Waals surface area (Å²) in [4.78, 5) is 33.4. The Balaban J connectivity index is 1.58. The Bertz CT molecular complexity index is 1230. The van der Waals surface area contributed by atoms with Crippen molar-refractivity contribution in [3.8, 4) is 0 Å². The first-order valence-corrected chi connectivity index (χ1v) is 9.21. The number of benzene rings is 2. The van der Waals surface area contributed by atoms with Gasteiger partial charge in [0.05, 0.1) is 29.6 Å². The zero-order valence-electron chi connectivity index (χ0n) is 16.1. The van der Waals surface area contributed by atoms with Crippen molar-refractivity contribution in [2.24, 2.45) is 0 Å². The van der Waals surface area contributed by atoms with Crippen LogP contribution in [0.4, 0.5) is 17.2 Å². The van der Waals surface area contributed by atoms with Crippen LogP contribution >= 0.6 is 0 Å². The number of hydrogen-bond donors (Lipinski definition) is 2. The first kappa shape index (κ1) is 19.1. The standard InChI is InChI=1S/C23H18N4O3/c1-30-23(29)17-8-2-3-9-18(17)27-22(28)16-11-13-24-20(14-16)26-19-10-4-6-15-7-5-12-25-21(15)19/h2-14H,1H3,(H,24,26)(H,27,28). The topological polar surface area (TPSA) is 93.2 Å². The Morgan fingerprint density at radius 2 is 1.67 bits per heavy atom. The van der Waals surface area contributed by atoms with Gasteiger partial charge in [-0.05, 0) is 36.4 Å².